The van der Waals surface area contributed by atoms with E-state index in [1.54, 1.807) is 0 Å². The average molecular weight is 228 g/mol. The van der Waals surface area contributed by atoms with Crippen molar-refractivity contribution in [2.45, 2.75) is 32.1 Å². The lowest BCUT2D eigenvalue weighted by Crippen LogP contribution is -2.35. The fourth-order valence-electron chi connectivity index (χ4n) is 2.10. The second-order valence-electron chi connectivity index (χ2n) is 4.80. The zero-order valence-corrected chi connectivity index (χ0v) is 10.2. The van der Waals surface area contributed by atoms with Crippen LogP contribution in [0.5, 0.6) is 0 Å². The molecule has 0 radical (unpaired) electrons. The molecule has 0 amide bonds. The first-order chi connectivity index (χ1) is 7.68. The maximum Gasteiger partial charge on any atom is 0.303 e. The van der Waals surface area contributed by atoms with E-state index in [0.717, 1.165) is 31.8 Å². The summed E-state index contributed by atoms with van der Waals surface area (Å²) in [5.41, 5.74) is 0. The maximum atomic E-state index is 10.3. The average Bonchev–Trinajstić information content (AvgIpc) is 2.25. The number of carboxylic acid groups (broad SMARTS) is 1. The minimum absolute atomic E-state index is 0.301. The zero-order chi connectivity index (χ0) is 11.8. The number of piperidine rings is 1. The summed E-state index contributed by atoms with van der Waals surface area (Å²) in [5, 5.41) is 11.9. The molecule has 1 saturated heterocycles. The van der Waals surface area contributed by atoms with E-state index in [2.05, 4.69) is 17.3 Å². The fraction of sp³-hybridized carbons (Fsp3) is 0.917. The highest BCUT2D eigenvalue weighted by Gasteiger charge is 2.15. The van der Waals surface area contributed by atoms with Gasteiger partial charge in [-0.3, -0.25) is 4.79 Å². The molecular formula is C12H24N2O2. The van der Waals surface area contributed by atoms with Crippen molar-refractivity contribution in [3.8, 4) is 0 Å². The highest BCUT2D eigenvalue weighted by atomic mass is 16.4. The van der Waals surface area contributed by atoms with Crippen LogP contribution in [0, 0.1) is 5.92 Å². The van der Waals surface area contributed by atoms with Crippen molar-refractivity contribution in [2.24, 2.45) is 5.92 Å². The fourth-order valence-corrected chi connectivity index (χ4v) is 2.10. The highest BCUT2D eigenvalue weighted by Crippen LogP contribution is 2.14. The standard InChI is InChI=1S/C12H24N2O2/c1-14-8-5-11(6-9-14)10-13-7-3-2-4-12(15)16/h11,13H,2-10H2,1H3,(H,15,16). The topological polar surface area (TPSA) is 52.6 Å². The smallest absolute Gasteiger partial charge is 0.303 e. The third kappa shape index (κ3) is 6.08. The first kappa shape index (κ1) is 13.5. The molecule has 0 saturated carbocycles. The van der Waals surface area contributed by atoms with Crippen molar-refractivity contribution < 1.29 is 9.90 Å². The minimum atomic E-state index is -0.685. The summed E-state index contributed by atoms with van der Waals surface area (Å²) in [7, 11) is 2.18. The Morgan fingerprint density at radius 2 is 2.06 bits per heavy atom. The van der Waals surface area contributed by atoms with Crippen molar-refractivity contribution >= 4 is 5.97 Å². The van der Waals surface area contributed by atoms with Crippen LogP contribution in [-0.2, 0) is 4.79 Å². The number of likely N-dealkylation sites (tertiary alicyclic amines) is 1. The molecule has 0 aromatic carbocycles. The molecule has 1 aliphatic rings. The van der Waals surface area contributed by atoms with Crippen LogP contribution >= 0.6 is 0 Å². The third-order valence-corrected chi connectivity index (χ3v) is 3.27. The lowest BCUT2D eigenvalue weighted by Gasteiger charge is -2.29. The Morgan fingerprint density at radius 1 is 1.38 bits per heavy atom. The predicted molar refractivity (Wildman–Crippen MR) is 64.6 cm³/mol. The summed E-state index contributed by atoms with van der Waals surface area (Å²) in [5.74, 6) is 0.131. The number of nitrogens with one attached hydrogen (secondary N) is 1. The van der Waals surface area contributed by atoms with E-state index < -0.39 is 5.97 Å². The zero-order valence-electron chi connectivity index (χ0n) is 10.2. The van der Waals surface area contributed by atoms with Gasteiger partial charge in [0.25, 0.3) is 0 Å². The van der Waals surface area contributed by atoms with Crippen LogP contribution in [0.2, 0.25) is 0 Å². The summed E-state index contributed by atoms with van der Waals surface area (Å²) in [4.78, 5) is 12.7. The van der Waals surface area contributed by atoms with E-state index in [9.17, 15) is 4.79 Å². The van der Waals surface area contributed by atoms with Crippen LogP contribution in [0.15, 0.2) is 0 Å². The Kier molecular flexibility index (Phi) is 6.42. The van der Waals surface area contributed by atoms with E-state index in [0.29, 0.717) is 6.42 Å². The lowest BCUT2D eigenvalue weighted by molar-refractivity contribution is -0.137. The van der Waals surface area contributed by atoms with Crippen LogP contribution in [0.25, 0.3) is 0 Å². The summed E-state index contributed by atoms with van der Waals surface area (Å²) in [6, 6.07) is 0. The molecule has 0 unspecified atom stereocenters. The van der Waals surface area contributed by atoms with E-state index in [1.807, 2.05) is 0 Å². The Labute approximate surface area is 98.0 Å². The van der Waals surface area contributed by atoms with Crippen LogP contribution in [0.4, 0.5) is 0 Å². The molecule has 4 nitrogen and oxygen atoms in total. The van der Waals surface area contributed by atoms with Gasteiger partial charge in [0, 0.05) is 6.42 Å². The van der Waals surface area contributed by atoms with E-state index >= 15 is 0 Å². The Hall–Kier alpha value is -0.610. The number of unbranched alkanes of at least 4 members (excludes halogenated alkanes) is 1. The van der Waals surface area contributed by atoms with Gasteiger partial charge in [0.1, 0.15) is 0 Å². The minimum Gasteiger partial charge on any atom is -0.481 e. The Bertz CT molecular complexity index is 201. The molecule has 16 heavy (non-hydrogen) atoms. The quantitative estimate of drug-likeness (QED) is 0.642. The van der Waals surface area contributed by atoms with Gasteiger partial charge in [-0.05, 0) is 64.8 Å². The van der Waals surface area contributed by atoms with Crippen LogP contribution in [0.3, 0.4) is 0 Å². The summed E-state index contributed by atoms with van der Waals surface area (Å²) < 4.78 is 0. The van der Waals surface area contributed by atoms with E-state index in [-0.39, 0.29) is 0 Å². The van der Waals surface area contributed by atoms with Crippen LogP contribution < -0.4 is 5.32 Å². The number of hydrogen-bond acceptors (Lipinski definition) is 3. The molecule has 0 spiro atoms. The molecule has 1 heterocycles. The molecule has 2 N–H and O–H groups in total. The molecule has 94 valence electrons. The number of carboxylic acids is 1. The second-order valence-corrected chi connectivity index (χ2v) is 4.80. The van der Waals surface area contributed by atoms with Gasteiger partial charge in [-0.15, -0.1) is 0 Å². The third-order valence-electron chi connectivity index (χ3n) is 3.27. The summed E-state index contributed by atoms with van der Waals surface area (Å²) >= 11 is 0. The number of nitrogens with zero attached hydrogens (tertiary/aromatic N) is 1. The SMILES string of the molecule is CN1CCC(CNCCCCC(=O)O)CC1. The number of aliphatic carboxylic acids is 1. The monoisotopic (exact) mass is 228 g/mol. The number of hydrogen-bond donors (Lipinski definition) is 2. The molecule has 0 atom stereocenters. The molecule has 0 aromatic rings. The van der Waals surface area contributed by atoms with Crippen molar-refractivity contribution in [1.29, 1.82) is 0 Å². The lowest BCUT2D eigenvalue weighted by atomic mass is 9.97. The van der Waals surface area contributed by atoms with E-state index in [1.165, 1.54) is 25.9 Å². The number of rotatable bonds is 7. The summed E-state index contributed by atoms with van der Waals surface area (Å²) in [6.45, 7) is 4.48. The molecular weight excluding hydrogens is 204 g/mol. The molecule has 4 heteroatoms. The van der Waals surface area contributed by atoms with Gasteiger partial charge in [-0.1, -0.05) is 0 Å². The molecule has 1 rings (SSSR count). The van der Waals surface area contributed by atoms with Gasteiger partial charge in [0.05, 0.1) is 0 Å². The van der Waals surface area contributed by atoms with Crippen molar-refractivity contribution in [3.05, 3.63) is 0 Å². The van der Waals surface area contributed by atoms with Gasteiger partial charge < -0.3 is 15.3 Å². The number of carbonyl (C=O) groups is 1. The molecule has 1 fully saturated rings. The van der Waals surface area contributed by atoms with Crippen LogP contribution in [0.1, 0.15) is 32.1 Å². The highest BCUT2D eigenvalue weighted by molar-refractivity contribution is 5.66. The largest absolute Gasteiger partial charge is 0.481 e. The van der Waals surface area contributed by atoms with Gasteiger partial charge >= 0.3 is 5.97 Å². The first-order valence-electron chi connectivity index (χ1n) is 6.29. The van der Waals surface area contributed by atoms with Gasteiger partial charge in [-0.2, -0.15) is 0 Å². The molecule has 0 bridgehead atoms. The maximum absolute atomic E-state index is 10.3. The molecule has 1 aliphatic heterocycles. The second kappa shape index (κ2) is 7.63. The molecule has 0 aromatic heterocycles. The normalized spacial score (nSPS) is 18.8. The predicted octanol–water partition coefficient (Wildman–Crippen LogP) is 1.17. The summed E-state index contributed by atoms with van der Waals surface area (Å²) in [6.07, 6.45) is 4.64. The van der Waals surface area contributed by atoms with Crippen molar-refractivity contribution in [1.82, 2.24) is 10.2 Å². The van der Waals surface area contributed by atoms with Gasteiger partial charge in [0.2, 0.25) is 0 Å². The van der Waals surface area contributed by atoms with Gasteiger partial charge in [-0.25, -0.2) is 0 Å². The van der Waals surface area contributed by atoms with Crippen molar-refractivity contribution in [3.63, 3.8) is 0 Å². The molecule has 0 aliphatic carbocycles. The van der Waals surface area contributed by atoms with E-state index in [4.69, 9.17) is 5.11 Å². The van der Waals surface area contributed by atoms with Crippen molar-refractivity contribution in [2.75, 3.05) is 33.2 Å². The first-order valence-corrected chi connectivity index (χ1v) is 6.29. The van der Waals surface area contributed by atoms with Gasteiger partial charge in [0.15, 0.2) is 0 Å². The van der Waals surface area contributed by atoms with Crippen LogP contribution in [-0.4, -0.2) is 49.2 Å². The Balaban J connectivity index is 1.89. The Morgan fingerprint density at radius 3 is 2.69 bits per heavy atom.